The van der Waals surface area contributed by atoms with E-state index >= 15 is 0 Å². The minimum Gasteiger partial charge on any atom is -0.508 e. The van der Waals surface area contributed by atoms with Crippen LogP contribution < -0.4 is 4.72 Å². The van der Waals surface area contributed by atoms with Crippen molar-refractivity contribution in [3.63, 3.8) is 0 Å². The smallest absolute Gasteiger partial charge is 0.267 e. The van der Waals surface area contributed by atoms with Gasteiger partial charge < -0.3 is 9.63 Å². The van der Waals surface area contributed by atoms with Crippen LogP contribution in [0.15, 0.2) is 27.6 Å². The van der Waals surface area contributed by atoms with E-state index in [1.807, 2.05) is 0 Å². The maximum Gasteiger partial charge on any atom is 0.267 e. The highest BCUT2D eigenvalue weighted by Crippen LogP contribution is 2.25. The molecule has 0 spiro atoms. The van der Waals surface area contributed by atoms with E-state index < -0.39 is 15.8 Å². The Morgan fingerprint density at radius 2 is 2.05 bits per heavy atom. The highest BCUT2D eigenvalue weighted by molar-refractivity contribution is 7.92. The number of phenolic OH excluding ortho intramolecular Hbond substituents is 1. The normalized spacial score (nSPS) is 11.5. The molecule has 2 N–H and O–H groups in total. The third-order valence-electron chi connectivity index (χ3n) is 2.43. The minimum absolute atomic E-state index is 0.115. The lowest BCUT2D eigenvalue weighted by Crippen LogP contribution is -2.15. The van der Waals surface area contributed by atoms with E-state index in [0.29, 0.717) is 0 Å². The van der Waals surface area contributed by atoms with Crippen LogP contribution in [0.4, 0.5) is 10.1 Å². The summed E-state index contributed by atoms with van der Waals surface area (Å²) in [6.07, 6.45) is 0. The van der Waals surface area contributed by atoms with Crippen molar-refractivity contribution >= 4 is 15.7 Å². The van der Waals surface area contributed by atoms with E-state index in [9.17, 15) is 12.8 Å². The second-order valence-electron chi connectivity index (χ2n) is 3.92. The number of nitrogens with one attached hydrogen (secondary N) is 1. The van der Waals surface area contributed by atoms with Crippen molar-refractivity contribution in [2.45, 2.75) is 18.7 Å². The Hall–Kier alpha value is -2.09. The van der Waals surface area contributed by atoms with Crippen LogP contribution in [0.5, 0.6) is 5.75 Å². The molecule has 1 aromatic heterocycles. The van der Waals surface area contributed by atoms with Crippen LogP contribution in [-0.4, -0.2) is 18.7 Å². The Morgan fingerprint density at radius 1 is 1.37 bits per heavy atom. The first-order chi connectivity index (χ1) is 8.81. The Labute approximate surface area is 108 Å². The van der Waals surface area contributed by atoms with Gasteiger partial charge in [0.15, 0.2) is 16.5 Å². The van der Waals surface area contributed by atoms with Crippen molar-refractivity contribution in [1.82, 2.24) is 5.16 Å². The first-order valence-electron chi connectivity index (χ1n) is 5.25. The van der Waals surface area contributed by atoms with Gasteiger partial charge in [-0.2, -0.15) is 0 Å². The predicted molar refractivity (Wildman–Crippen MR) is 64.9 cm³/mol. The Bertz CT molecular complexity index is 705. The van der Waals surface area contributed by atoms with Crippen LogP contribution in [0, 0.1) is 19.7 Å². The van der Waals surface area contributed by atoms with Gasteiger partial charge in [0.25, 0.3) is 10.0 Å². The fraction of sp³-hybridized carbons (Fsp3) is 0.182. The monoisotopic (exact) mass is 286 g/mol. The fourth-order valence-electron chi connectivity index (χ4n) is 1.64. The molecule has 0 fully saturated rings. The lowest BCUT2D eigenvalue weighted by molar-refractivity contribution is 0.390. The number of rotatable bonds is 3. The summed E-state index contributed by atoms with van der Waals surface area (Å²) in [5, 5.41) is 12.6. The van der Waals surface area contributed by atoms with Gasteiger partial charge in [0, 0.05) is 6.07 Å². The molecule has 0 amide bonds. The first-order valence-corrected chi connectivity index (χ1v) is 6.74. The summed E-state index contributed by atoms with van der Waals surface area (Å²) >= 11 is 0. The van der Waals surface area contributed by atoms with Gasteiger partial charge in [0.1, 0.15) is 11.4 Å². The number of benzene rings is 1. The van der Waals surface area contributed by atoms with Crippen molar-refractivity contribution in [3.8, 4) is 5.75 Å². The van der Waals surface area contributed by atoms with Crippen molar-refractivity contribution in [3.05, 3.63) is 35.5 Å². The number of anilines is 1. The first kappa shape index (κ1) is 13.3. The average Bonchev–Trinajstić information content (AvgIpc) is 2.63. The number of hydrogen-bond acceptors (Lipinski definition) is 5. The molecule has 2 rings (SSSR count). The number of nitrogens with zero attached hydrogens (tertiary/aromatic N) is 1. The second kappa shape index (κ2) is 4.54. The molecule has 6 nitrogen and oxygen atoms in total. The number of halogens is 1. The molecule has 1 aromatic carbocycles. The van der Waals surface area contributed by atoms with Crippen LogP contribution in [0.3, 0.4) is 0 Å². The van der Waals surface area contributed by atoms with Crippen LogP contribution in [0.1, 0.15) is 11.5 Å². The summed E-state index contributed by atoms with van der Waals surface area (Å²) in [6, 6.07) is 3.11. The minimum atomic E-state index is -3.99. The van der Waals surface area contributed by atoms with Crippen molar-refractivity contribution in [2.75, 3.05) is 4.72 Å². The van der Waals surface area contributed by atoms with E-state index in [1.165, 1.54) is 19.9 Å². The molecule has 0 bridgehead atoms. The summed E-state index contributed by atoms with van der Waals surface area (Å²) < 4.78 is 44.5. The molecule has 19 heavy (non-hydrogen) atoms. The maximum absolute atomic E-state index is 13.5. The molecule has 2 aromatic rings. The Morgan fingerprint density at radius 3 is 2.58 bits per heavy atom. The number of hydrogen-bond donors (Lipinski definition) is 2. The number of aromatic nitrogens is 1. The molecule has 0 radical (unpaired) electrons. The maximum atomic E-state index is 13.5. The van der Waals surface area contributed by atoms with Crippen LogP contribution in [0.25, 0.3) is 0 Å². The quantitative estimate of drug-likeness (QED) is 0.841. The lowest BCUT2D eigenvalue weighted by Gasteiger charge is -2.08. The van der Waals surface area contributed by atoms with Gasteiger partial charge in [-0.3, -0.25) is 4.72 Å². The molecule has 0 atom stereocenters. The third-order valence-corrected chi connectivity index (χ3v) is 4.04. The number of phenols is 1. The summed E-state index contributed by atoms with van der Waals surface area (Å²) in [5.74, 6) is -1.06. The molecular formula is C11H11FN2O4S. The van der Waals surface area contributed by atoms with Crippen molar-refractivity contribution < 1.29 is 22.4 Å². The standard InChI is InChI=1S/C11H11FN2O4S/c1-6-11(7(2)18-13-6)19(16,17)14-10-4-3-8(15)5-9(10)12/h3-5,14-15H,1-2H3. The number of sulfonamides is 1. The van der Waals surface area contributed by atoms with Gasteiger partial charge in [0.05, 0.1) is 5.69 Å². The predicted octanol–water partition coefficient (Wildman–Crippen LogP) is 1.94. The molecule has 0 saturated carbocycles. The zero-order valence-electron chi connectivity index (χ0n) is 10.1. The summed E-state index contributed by atoms with van der Waals surface area (Å²) in [6.45, 7) is 2.92. The van der Waals surface area contributed by atoms with E-state index in [-0.39, 0.29) is 27.8 Å². The van der Waals surface area contributed by atoms with Gasteiger partial charge in [0.2, 0.25) is 0 Å². The van der Waals surface area contributed by atoms with Crippen molar-refractivity contribution in [1.29, 1.82) is 0 Å². The zero-order chi connectivity index (χ0) is 14.2. The van der Waals surface area contributed by atoms with E-state index in [1.54, 1.807) is 0 Å². The number of aryl methyl sites for hydroxylation is 2. The molecular weight excluding hydrogens is 275 g/mol. The number of aromatic hydroxyl groups is 1. The van der Waals surface area contributed by atoms with E-state index in [4.69, 9.17) is 9.63 Å². The highest BCUT2D eigenvalue weighted by atomic mass is 32.2. The van der Waals surface area contributed by atoms with Gasteiger partial charge in [-0.1, -0.05) is 5.16 Å². The zero-order valence-corrected chi connectivity index (χ0v) is 11.0. The molecule has 1 heterocycles. The topological polar surface area (TPSA) is 92.4 Å². The molecule has 0 unspecified atom stereocenters. The van der Waals surface area contributed by atoms with Gasteiger partial charge >= 0.3 is 0 Å². The van der Waals surface area contributed by atoms with Gasteiger partial charge in [-0.15, -0.1) is 0 Å². The highest BCUT2D eigenvalue weighted by Gasteiger charge is 2.25. The Kier molecular flexibility index (Phi) is 3.19. The van der Waals surface area contributed by atoms with Crippen LogP contribution in [0.2, 0.25) is 0 Å². The summed E-state index contributed by atoms with van der Waals surface area (Å²) in [4.78, 5) is -0.125. The molecule has 0 aliphatic carbocycles. The van der Waals surface area contributed by atoms with Crippen molar-refractivity contribution in [2.24, 2.45) is 0 Å². The second-order valence-corrected chi connectivity index (χ2v) is 5.54. The molecule has 0 aliphatic rings. The molecule has 102 valence electrons. The van der Waals surface area contributed by atoms with Crippen LogP contribution >= 0.6 is 0 Å². The van der Waals surface area contributed by atoms with E-state index in [2.05, 4.69) is 9.88 Å². The summed E-state index contributed by atoms with van der Waals surface area (Å²) in [7, 11) is -3.99. The van der Waals surface area contributed by atoms with E-state index in [0.717, 1.165) is 12.1 Å². The molecule has 0 saturated heterocycles. The SMILES string of the molecule is Cc1noc(C)c1S(=O)(=O)Nc1ccc(O)cc1F. The largest absolute Gasteiger partial charge is 0.508 e. The fourth-order valence-corrected chi connectivity index (χ4v) is 3.04. The third kappa shape index (κ3) is 2.53. The summed E-state index contributed by atoms with van der Waals surface area (Å²) in [5.41, 5.74) is -0.0815. The Balaban J connectivity index is 2.42. The lowest BCUT2D eigenvalue weighted by atomic mass is 10.3. The van der Waals surface area contributed by atoms with Crippen LogP contribution in [-0.2, 0) is 10.0 Å². The average molecular weight is 286 g/mol. The van der Waals surface area contributed by atoms with Gasteiger partial charge in [-0.25, -0.2) is 12.8 Å². The molecule has 8 heteroatoms. The molecule has 0 aliphatic heterocycles. The van der Waals surface area contributed by atoms with Gasteiger partial charge in [-0.05, 0) is 26.0 Å².